The first-order valence-corrected chi connectivity index (χ1v) is 7.99. The minimum Gasteiger partial charge on any atom is -0.459 e. The summed E-state index contributed by atoms with van der Waals surface area (Å²) in [5, 5.41) is 0. The van der Waals surface area contributed by atoms with Crippen LogP contribution in [0.25, 0.3) is 0 Å². The Hall–Kier alpha value is 0.0400. The van der Waals surface area contributed by atoms with Crippen LogP contribution in [0.1, 0.15) is 20.7 Å². The second-order valence-electron chi connectivity index (χ2n) is 3.33. The van der Waals surface area contributed by atoms with E-state index in [1.54, 1.807) is 0 Å². The van der Waals surface area contributed by atoms with Crippen molar-refractivity contribution in [3.05, 3.63) is 29.0 Å². The van der Waals surface area contributed by atoms with Crippen LogP contribution in [-0.4, -0.2) is 25.2 Å². The molecule has 1 aliphatic rings. The fourth-order valence-corrected chi connectivity index (χ4v) is 3.83. The molecule has 0 bridgehead atoms. The Morgan fingerprint density at radius 3 is 1.84 bits per heavy atom. The van der Waals surface area contributed by atoms with Gasteiger partial charge in [-0.15, -0.1) is 0 Å². The number of rotatable bonds is 0. The molecule has 1 aliphatic heterocycles. The van der Waals surface area contributed by atoms with Crippen molar-refractivity contribution >= 4 is 75.7 Å². The van der Waals surface area contributed by atoms with E-state index in [2.05, 4.69) is 73.5 Å². The molecule has 19 heavy (non-hydrogen) atoms. The van der Waals surface area contributed by atoms with Crippen LogP contribution in [0.2, 0.25) is 0 Å². The molecule has 5 nitrogen and oxygen atoms in total. The highest BCUT2D eigenvalue weighted by Crippen LogP contribution is 2.42. The fraction of sp³-hybridized carbons (Fsp3) is 0.200. The molecule has 0 atom stereocenters. The number of carbonyl (C=O) groups excluding carboxylic acids is 2. The Labute approximate surface area is 141 Å². The number of esters is 1. The largest absolute Gasteiger partial charge is 0.459 e. The maximum absolute atomic E-state index is 12.0. The summed E-state index contributed by atoms with van der Waals surface area (Å²) in [6, 6.07) is 0. The third-order valence-electron chi connectivity index (χ3n) is 2.21. The Kier molecular flexibility index (Phi) is 5.04. The Bertz CT molecular complexity index is 523. The van der Waals surface area contributed by atoms with Crippen LogP contribution in [-0.2, 0) is 14.5 Å². The molecule has 0 aromatic heterocycles. The highest BCUT2D eigenvalue weighted by atomic mass is 79.9. The van der Waals surface area contributed by atoms with Crippen LogP contribution in [0.4, 0.5) is 0 Å². The first kappa shape index (κ1) is 15.4. The van der Waals surface area contributed by atoms with E-state index in [0.717, 1.165) is 0 Å². The predicted molar refractivity (Wildman–Crippen MR) is 78.9 cm³/mol. The normalized spacial score (nSPS) is 15.8. The molecule has 0 aliphatic carbocycles. The van der Waals surface area contributed by atoms with Crippen molar-refractivity contribution in [2.24, 2.45) is 0 Å². The number of hydrogen-bond donors (Lipinski definition) is 0. The van der Waals surface area contributed by atoms with Gasteiger partial charge >= 0.3 is 11.9 Å². The van der Waals surface area contributed by atoms with Crippen molar-refractivity contribution in [1.82, 2.24) is 0 Å². The SMILES string of the molecule is O=C1OCCOOC(=O)c2c(Br)c(Br)c(Br)c(Br)c21. The average molecular weight is 524 g/mol. The van der Waals surface area contributed by atoms with Gasteiger partial charge in [-0.1, -0.05) is 0 Å². The molecule has 2 rings (SSSR count). The van der Waals surface area contributed by atoms with Gasteiger partial charge < -0.3 is 4.74 Å². The number of ether oxygens (including phenoxy) is 1. The van der Waals surface area contributed by atoms with Crippen molar-refractivity contribution < 1.29 is 24.1 Å². The lowest BCUT2D eigenvalue weighted by atomic mass is 10.1. The topological polar surface area (TPSA) is 61.8 Å². The standard InChI is InChI=1S/C10H4Br4O5/c11-5-3-4(6(12)8(14)7(5)13)10(16)19-18-2-1-17-9(3)15/h1-2H2. The third kappa shape index (κ3) is 2.90. The fourth-order valence-electron chi connectivity index (χ4n) is 1.39. The van der Waals surface area contributed by atoms with E-state index in [0.29, 0.717) is 17.9 Å². The lowest BCUT2D eigenvalue weighted by Gasteiger charge is -2.13. The van der Waals surface area contributed by atoms with Gasteiger partial charge in [-0.05, 0) is 63.7 Å². The Balaban J connectivity index is 2.76. The minimum atomic E-state index is -0.783. The van der Waals surface area contributed by atoms with Crippen LogP contribution in [0, 0.1) is 0 Å². The molecular formula is C10H4Br4O5. The molecule has 102 valence electrons. The van der Waals surface area contributed by atoms with Crippen LogP contribution >= 0.6 is 63.7 Å². The first-order valence-electron chi connectivity index (χ1n) is 4.82. The summed E-state index contributed by atoms with van der Waals surface area (Å²) in [4.78, 5) is 33.2. The van der Waals surface area contributed by atoms with Crippen molar-refractivity contribution in [1.29, 1.82) is 0 Å². The first-order chi connectivity index (χ1) is 8.95. The number of benzene rings is 1. The Morgan fingerprint density at radius 2 is 1.26 bits per heavy atom. The molecule has 9 heteroatoms. The molecule has 1 aromatic rings. The molecule has 1 aromatic carbocycles. The van der Waals surface area contributed by atoms with Gasteiger partial charge in [0.05, 0.1) is 11.1 Å². The van der Waals surface area contributed by atoms with E-state index in [-0.39, 0.29) is 24.3 Å². The number of carbonyl (C=O) groups is 2. The molecule has 0 saturated carbocycles. The highest BCUT2D eigenvalue weighted by molar-refractivity contribution is 9.15. The van der Waals surface area contributed by atoms with Gasteiger partial charge in [-0.2, -0.15) is 4.89 Å². The lowest BCUT2D eigenvalue weighted by Crippen LogP contribution is -2.14. The number of hydrogen-bond acceptors (Lipinski definition) is 5. The van der Waals surface area contributed by atoms with Gasteiger partial charge in [0, 0.05) is 17.9 Å². The predicted octanol–water partition coefficient (Wildman–Crippen LogP) is 4.00. The summed E-state index contributed by atoms with van der Waals surface area (Å²) < 4.78 is 6.87. The molecule has 1 heterocycles. The number of halogens is 4. The zero-order chi connectivity index (χ0) is 14.2. The maximum atomic E-state index is 12.0. The van der Waals surface area contributed by atoms with Crippen LogP contribution in [0.15, 0.2) is 17.9 Å². The molecule has 0 N–H and O–H groups in total. The summed E-state index contributed by atoms with van der Waals surface area (Å²) in [6.45, 7) is -0.0354. The zero-order valence-electron chi connectivity index (χ0n) is 8.97. The van der Waals surface area contributed by atoms with Crippen LogP contribution < -0.4 is 0 Å². The Morgan fingerprint density at radius 1 is 0.737 bits per heavy atom. The monoisotopic (exact) mass is 520 g/mol. The van der Waals surface area contributed by atoms with Crippen molar-refractivity contribution in [2.75, 3.05) is 13.2 Å². The van der Waals surface area contributed by atoms with Crippen molar-refractivity contribution in [2.45, 2.75) is 0 Å². The number of fused-ring (bicyclic) bond motifs is 1. The van der Waals surface area contributed by atoms with E-state index in [4.69, 9.17) is 4.74 Å². The quantitative estimate of drug-likeness (QED) is 0.223. The number of cyclic esters (lactones) is 1. The second kappa shape index (κ2) is 6.21. The van der Waals surface area contributed by atoms with Gasteiger partial charge in [-0.25, -0.2) is 9.59 Å². The zero-order valence-corrected chi connectivity index (χ0v) is 15.3. The summed E-state index contributed by atoms with van der Waals surface area (Å²) >= 11 is 13.1. The van der Waals surface area contributed by atoms with Crippen molar-refractivity contribution in [3.8, 4) is 0 Å². The average Bonchev–Trinajstić information content (AvgIpc) is 2.45. The molecule has 0 radical (unpaired) electrons. The van der Waals surface area contributed by atoms with Crippen LogP contribution in [0.5, 0.6) is 0 Å². The summed E-state index contributed by atoms with van der Waals surface area (Å²) in [7, 11) is 0. The smallest absolute Gasteiger partial charge is 0.375 e. The summed E-state index contributed by atoms with van der Waals surface area (Å²) in [5.74, 6) is -1.42. The van der Waals surface area contributed by atoms with Gasteiger partial charge in [-0.3, -0.25) is 4.89 Å². The van der Waals surface area contributed by atoms with Gasteiger partial charge in [0.1, 0.15) is 13.2 Å². The van der Waals surface area contributed by atoms with Gasteiger partial charge in [0.25, 0.3) is 0 Å². The van der Waals surface area contributed by atoms with Gasteiger partial charge in [0.15, 0.2) is 0 Å². The molecule has 0 spiro atoms. The molecular weight excluding hydrogens is 520 g/mol. The van der Waals surface area contributed by atoms with Crippen molar-refractivity contribution in [3.63, 3.8) is 0 Å². The summed E-state index contributed by atoms with van der Waals surface area (Å²) in [5.41, 5.74) is 0.0892. The van der Waals surface area contributed by atoms with Crippen LogP contribution in [0.3, 0.4) is 0 Å². The van der Waals surface area contributed by atoms with E-state index in [1.165, 1.54) is 0 Å². The second-order valence-corrected chi connectivity index (χ2v) is 6.51. The molecule has 0 fully saturated rings. The van der Waals surface area contributed by atoms with Gasteiger partial charge in [0.2, 0.25) is 0 Å². The lowest BCUT2D eigenvalue weighted by molar-refractivity contribution is -0.244. The van der Waals surface area contributed by atoms with E-state index >= 15 is 0 Å². The third-order valence-corrected chi connectivity index (χ3v) is 6.98. The van der Waals surface area contributed by atoms with E-state index < -0.39 is 11.9 Å². The van der Waals surface area contributed by atoms with E-state index in [1.807, 2.05) is 0 Å². The molecule has 0 amide bonds. The summed E-state index contributed by atoms with van der Waals surface area (Å²) in [6.07, 6.45) is 0. The maximum Gasteiger partial charge on any atom is 0.375 e. The van der Waals surface area contributed by atoms with E-state index in [9.17, 15) is 9.59 Å². The molecule has 0 saturated heterocycles. The highest BCUT2D eigenvalue weighted by Gasteiger charge is 2.31. The molecule has 0 unspecified atom stereocenters. The minimum absolute atomic E-state index is 0.0106.